The van der Waals surface area contributed by atoms with Crippen LogP contribution in [0, 0.1) is 5.92 Å². The van der Waals surface area contributed by atoms with Crippen LogP contribution in [0.25, 0.3) is 0 Å². The van der Waals surface area contributed by atoms with Crippen LogP contribution in [-0.4, -0.2) is 53.0 Å². The number of nitrogens with zero attached hydrogens (tertiary/aromatic N) is 2. The van der Waals surface area contributed by atoms with Crippen molar-refractivity contribution in [1.82, 2.24) is 5.32 Å². The molecule has 2 aromatic rings. The molecule has 34 heavy (non-hydrogen) atoms. The van der Waals surface area contributed by atoms with Gasteiger partial charge in [0.25, 0.3) is 0 Å². The molecule has 0 heterocycles. The molecular weight excluding hydrogens is 430 g/mol. The molecule has 0 fully saturated rings. The normalized spacial score (nSPS) is 15.9. The standard InChI is InChI=1S/C27H39N3O4/c1-20(2)17-23(28-26(33)34-27(3,4)5)24(31)19-30(6,18-21-13-9-7-10-14-21)29-25(32)22-15-11-8-12-16-22/h7-16,20,23-24,31H,17-19H2,1-6H3,(H-,28,29,32,33)/t23-,24-,30?/m0/s1. The number of aliphatic hydroxyl groups excluding tert-OH is 1. The lowest BCUT2D eigenvalue weighted by atomic mass is 9.98. The fraction of sp³-hybridized carbons (Fsp3) is 0.481. The van der Waals surface area contributed by atoms with Crippen LogP contribution in [0.1, 0.15) is 52.2 Å². The Labute approximate surface area is 203 Å². The first-order chi connectivity index (χ1) is 15.9. The molecule has 2 rings (SSSR count). The number of carbonyl (C=O) groups is 1. The number of alkyl carbamates (subject to hydrolysis) is 1. The van der Waals surface area contributed by atoms with Gasteiger partial charge in [0, 0.05) is 5.56 Å². The molecule has 2 aromatic carbocycles. The zero-order chi connectivity index (χ0) is 25.4. The second kappa shape index (κ2) is 12.0. The minimum absolute atomic E-state index is 0.0660. The summed E-state index contributed by atoms with van der Waals surface area (Å²) in [6.45, 7) is 9.99. The Balaban J connectivity index is 2.31. The van der Waals surface area contributed by atoms with Gasteiger partial charge in [-0.3, -0.25) is 0 Å². The SMILES string of the molecule is CC(C)C[C@H](NC(=O)OC(C)(C)C)[C@@H](O)C[N+](C)(Cc1ccccc1)/N=C(\[O-])c1ccccc1. The Morgan fingerprint density at radius 2 is 1.65 bits per heavy atom. The van der Waals surface area contributed by atoms with Gasteiger partial charge in [-0.05, 0) is 38.7 Å². The van der Waals surface area contributed by atoms with Gasteiger partial charge in [-0.2, -0.15) is 4.59 Å². The summed E-state index contributed by atoms with van der Waals surface area (Å²) in [6.07, 6.45) is -0.971. The largest absolute Gasteiger partial charge is 0.855 e. The highest BCUT2D eigenvalue weighted by atomic mass is 16.6. The lowest BCUT2D eigenvalue weighted by Gasteiger charge is -2.35. The molecular formula is C27H39N3O4. The third-order valence-corrected chi connectivity index (χ3v) is 5.19. The number of aliphatic hydroxyl groups is 1. The van der Waals surface area contributed by atoms with Crippen molar-refractivity contribution in [2.24, 2.45) is 11.0 Å². The highest BCUT2D eigenvalue weighted by molar-refractivity contribution is 5.89. The summed E-state index contributed by atoms with van der Waals surface area (Å²) in [5, 5.41) is 31.5. The Kier molecular flexibility index (Phi) is 9.65. The van der Waals surface area contributed by atoms with Crippen molar-refractivity contribution in [1.29, 1.82) is 0 Å². The lowest BCUT2D eigenvalue weighted by molar-refractivity contribution is -0.933. The number of carbonyl (C=O) groups excluding carboxylic acids is 1. The zero-order valence-corrected chi connectivity index (χ0v) is 21.2. The minimum atomic E-state index is -0.948. The second-order valence-corrected chi connectivity index (χ2v) is 10.4. The van der Waals surface area contributed by atoms with E-state index >= 15 is 0 Å². The molecule has 0 saturated carbocycles. The number of hydrogen-bond acceptors (Lipinski definition) is 5. The highest BCUT2D eigenvalue weighted by Crippen LogP contribution is 2.19. The van der Waals surface area contributed by atoms with Gasteiger partial charge in [-0.25, -0.2) is 4.79 Å². The van der Waals surface area contributed by atoms with Gasteiger partial charge in [0.1, 0.15) is 24.8 Å². The third-order valence-electron chi connectivity index (χ3n) is 5.19. The van der Waals surface area contributed by atoms with Gasteiger partial charge in [0.05, 0.1) is 19.0 Å². The first-order valence-corrected chi connectivity index (χ1v) is 11.8. The van der Waals surface area contributed by atoms with Gasteiger partial charge < -0.3 is 20.3 Å². The predicted octanol–water partition coefficient (Wildman–Crippen LogP) is 3.66. The Bertz CT molecular complexity index is 926. The van der Waals surface area contributed by atoms with Gasteiger partial charge >= 0.3 is 6.09 Å². The Morgan fingerprint density at radius 3 is 2.18 bits per heavy atom. The van der Waals surface area contributed by atoms with E-state index in [4.69, 9.17) is 4.74 Å². The number of quaternary nitrogens is 1. The van der Waals surface area contributed by atoms with Crippen LogP contribution < -0.4 is 10.4 Å². The van der Waals surface area contributed by atoms with E-state index in [9.17, 15) is 15.0 Å². The van der Waals surface area contributed by atoms with Crippen LogP contribution in [0.2, 0.25) is 0 Å². The van der Waals surface area contributed by atoms with Crippen LogP contribution in [0.5, 0.6) is 0 Å². The van der Waals surface area contributed by atoms with Crippen LogP contribution in [-0.2, 0) is 11.3 Å². The molecule has 0 aliphatic heterocycles. The van der Waals surface area contributed by atoms with E-state index in [2.05, 4.69) is 10.4 Å². The van der Waals surface area contributed by atoms with Crippen molar-refractivity contribution < 1.29 is 24.3 Å². The average Bonchev–Trinajstić information content (AvgIpc) is 2.72. The second-order valence-electron chi connectivity index (χ2n) is 10.4. The first-order valence-electron chi connectivity index (χ1n) is 11.8. The number of rotatable bonds is 10. The van der Waals surface area contributed by atoms with E-state index < -0.39 is 23.8 Å². The number of hydrogen-bond donors (Lipinski definition) is 2. The summed E-state index contributed by atoms with van der Waals surface area (Å²) in [7, 11) is 1.82. The van der Waals surface area contributed by atoms with Crippen molar-refractivity contribution in [2.45, 2.75) is 65.3 Å². The van der Waals surface area contributed by atoms with Crippen molar-refractivity contribution >= 4 is 12.0 Å². The van der Waals surface area contributed by atoms with Crippen molar-refractivity contribution in [3.05, 3.63) is 71.8 Å². The van der Waals surface area contributed by atoms with E-state index in [1.54, 1.807) is 45.0 Å². The number of amides is 1. The summed E-state index contributed by atoms with van der Waals surface area (Å²) in [5.41, 5.74) is 0.828. The number of ether oxygens (including phenoxy) is 1. The molecule has 0 radical (unpaired) electrons. The molecule has 0 saturated heterocycles. The Hall–Kier alpha value is -2.90. The van der Waals surface area contributed by atoms with E-state index in [1.165, 1.54) is 0 Å². The average molecular weight is 470 g/mol. The molecule has 0 aliphatic rings. The smallest absolute Gasteiger partial charge is 0.407 e. The molecule has 0 spiro atoms. The first kappa shape index (κ1) is 27.3. The van der Waals surface area contributed by atoms with Gasteiger partial charge in [0.15, 0.2) is 0 Å². The number of benzene rings is 2. The quantitative estimate of drug-likeness (QED) is 0.240. The number of likely N-dealkylation sites (N-methyl/N-ethyl adjacent to an activating group) is 1. The summed E-state index contributed by atoms with van der Waals surface area (Å²) in [6, 6.07) is 18.1. The molecule has 1 amide bonds. The van der Waals surface area contributed by atoms with Crippen molar-refractivity contribution in [3.8, 4) is 0 Å². The van der Waals surface area contributed by atoms with Crippen molar-refractivity contribution in [3.63, 3.8) is 0 Å². The maximum atomic E-state index is 13.0. The van der Waals surface area contributed by atoms with E-state index in [-0.39, 0.29) is 23.0 Å². The lowest BCUT2D eigenvalue weighted by Crippen LogP contribution is -2.54. The molecule has 0 aromatic heterocycles. The van der Waals surface area contributed by atoms with Crippen LogP contribution >= 0.6 is 0 Å². The fourth-order valence-corrected chi connectivity index (χ4v) is 3.78. The monoisotopic (exact) mass is 469 g/mol. The molecule has 186 valence electrons. The van der Waals surface area contributed by atoms with E-state index in [0.29, 0.717) is 18.5 Å². The summed E-state index contributed by atoms with van der Waals surface area (Å²) in [4.78, 5) is 12.4. The van der Waals surface area contributed by atoms with E-state index in [1.807, 2.05) is 57.3 Å². The predicted molar refractivity (Wildman–Crippen MR) is 133 cm³/mol. The molecule has 0 aliphatic carbocycles. The maximum Gasteiger partial charge on any atom is 0.407 e. The molecule has 7 heteroatoms. The molecule has 3 atom stereocenters. The van der Waals surface area contributed by atoms with Crippen LogP contribution in [0.15, 0.2) is 65.8 Å². The zero-order valence-electron chi connectivity index (χ0n) is 21.2. The topological polar surface area (TPSA) is 94.0 Å². The summed E-state index contributed by atoms with van der Waals surface area (Å²) >= 11 is 0. The highest BCUT2D eigenvalue weighted by Gasteiger charge is 2.33. The van der Waals surface area contributed by atoms with Crippen molar-refractivity contribution in [2.75, 3.05) is 13.6 Å². The number of nitrogens with one attached hydrogen (secondary N) is 1. The van der Waals surface area contributed by atoms with Gasteiger partial charge in [0.2, 0.25) is 0 Å². The molecule has 1 unspecified atom stereocenters. The third kappa shape index (κ3) is 9.53. The van der Waals surface area contributed by atoms with Gasteiger partial charge in [-0.1, -0.05) is 79.6 Å². The Morgan fingerprint density at radius 1 is 1.09 bits per heavy atom. The molecule has 0 bridgehead atoms. The summed E-state index contributed by atoms with van der Waals surface area (Å²) in [5.74, 6) is -0.128. The van der Waals surface area contributed by atoms with Crippen LogP contribution in [0.3, 0.4) is 0 Å². The summed E-state index contributed by atoms with van der Waals surface area (Å²) < 4.78 is 5.34. The maximum absolute atomic E-state index is 13.0. The van der Waals surface area contributed by atoms with E-state index in [0.717, 1.165) is 5.56 Å². The van der Waals surface area contributed by atoms with Gasteiger partial charge in [-0.15, -0.1) is 0 Å². The molecule has 2 N–H and O–H groups in total. The molecule has 7 nitrogen and oxygen atoms in total. The fourth-order valence-electron chi connectivity index (χ4n) is 3.78. The minimum Gasteiger partial charge on any atom is -0.855 e. The van der Waals surface area contributed by atoms with Crippen LogP contribution in [0.4, 0.5) is 4.79 Å².